The van der Waals surface area contributed by atoms with Gasteiger partial charge in [0.05, 0.1) is 0 Å². The predicted molar refractivity (Wildman–Crippen MR) is 63.0 cm³/mol. The second-order valence-corrected chi connectivity index (χ2v) is 3.45. The van der Waals surface area contributed by atoms with Crippen LogP contribution >= 0.6 is 0 Å². The normalized spacial score (nSPS) is 9.73. The number of nitrogens with one attached hydrogen (secondary N) is 2. The molecule has 0 aromatic heterocycles. The van der Waals surface area contributed by atoms with Crippen LogP contribution in [-0.2, 0) is 4.79 Å². The standard InChI is InChI=1S/C12H18N2O/c1-3-13-12(15)8-9-14-11-7-5-4-6-10(11)2/h4-7,14H,3,8-9H2,1-2H3,(H,13,15). The molecule has 0 aliphatic rings. The molecule has 0 aliphatic heterocycles. The molecule has 0 saturated carbocycles. The number of benzene rings is 1. The first-order valence-electron chi connectivity index (χ1n) is 5.30. The fourth-order valence-corrected chi connectivity index (χ4v) is 1.37. The minimum absolute atomic E-state index is 0.0959. The quantitative estimate of drug-likeness (QED) is 0.773. The van der Waals surface area contributed by atoms with E-state index in [1.807, 2.05) is 25.1 Å². The average molecular weight is 206 g/mol. The fourth-order valence-electron chi connectivity index (χ4n) is 1.37. The molecule has 0 atom stereocenters. The van der Waals surface area contributed by atoms with E-state index in [0.29, 0.717) is 19.5 Å². The number of amides is 1. The summed E-state index contributed by atoms with van der Waals surface area (Å²) in [5, 5.41) is 6.01. The first kappa shape index (κ1) is 11.6. The van der Waals surface area contributed by atoms with Crippen LogP contribution in [0.25, 0.3) is 0 Å². The van der Waals surface area contributed by atoms with Crippen molar-refractivity contribution in [2.75, 3.05) is 18.4 Å². The SMILES string of the molecule is CCNC(=O)CCNc1ccccc1C. The van der Waals surface area contributed by atoms with Gasteiger partial charge in [-0.05, 0) is 25.5 Å². The van der Waals surface area contributed by atoms with Crippen LogP contribution in [0.4, 0.5) is 5.69 Å². The number of carbonyl (C=O) groups excluding carboxylic acids is 1. The van der Waals surface area contributed by atoms with Gasteiger partial charge in [-0.25, -0.2) is 0 Å². The highest BCUT2D eigenvalue weighted by molar-refractivity contribution is 5.76. The van der Waals surface area contributed by atoms with Crippen molar-refractivity contribution in [3.05, 3.63) is 29.8 Å². The van der Waals surface area contributed by atoms with Crippen LogP contribution < -0.4 is 10.6 Å². The summed E-state index contributed by atoms with van der Waals surface area (Å²) in [5.74, 6) is 0.0959. The molecule has 0 spiro atoms. The Labute approximate surface area is 90.9 Å². The molecular formula is C12H18N2O. The first-order chi connectivity index (χ1) is 7.24. The number of para-hydroxylation sites is 1. The van der Waals surface area contributed by atoms with Gasteiger partial charge in [-0.1, -0.05) is 18.2 Å². The maximum Gasteiger partial charge on any atom is 0.221 e. The zero-order valence-corrected chi connectivity index (χ0v) is 9.34. The smallest absolute Gasteiger partial charge is 0.221 e. The summed E-state index contributed by atoms with van der Waals surface area (Å²) in [6.45, 7) is 5.35. The Bertz CT molecular complexity index is 323. The van der Waals surface area contributed by atoms with Gasteiger partial charge in [-0.2, -0.15) is 0 Å². The van der Waals surface area contributed by atoms with E-state index in [9.17, 15) is 4.79 Å². The van der Waals surface area contributed by atoms with E-state index < -0.39 is 0 Å². The maximum atomic E-state index is 11.2. The van der Waals surface area contributed by atoms with Gasteiger partial charge >= 0.3 is 0 Å². The van der Waals surface area contributed by atoms with Crippen molar-refractivity contribution in [2.24, 2.45) is 0 Å². The van der Waals surface area contributed by atoms with Gasteiger partial charge in [0, 0.05) is 25.2 Å². The van der Waals surface area contributed by atoms with E-state index in [1.165, 1.54) is 5.56 Å². The largest absolute Gasteiger partial charge is 0.384 e. The third-order valence-corrected chi connectivity index (χ3v) is 2.19. The van der Waals surface area contributed by atoms with E-state index in [4.69, 9.17) is 0 Å². The number of hydrogen-bond donors (Lipinski definition) is 2. The number of anilines is 1. The molecule has 1 amide bonds. The zero-order chi connectivity index (χ0) is 11.1. The summed E-state index contributed by atoms with van der Waals surface area (Å²) in [6, 6.07) is 8.06. The van der Waals surface area contributed by atoms with E-state index in [-0.39, 0.29) is 5.91 Å². The summed E-state index contributed by atoms with van der Waals surface area (Å²) in [4.78, 5) is 11.2. The fraction of sp³-hybridized carbons (Fsp3) is 0.417. The minimum atomic E-state index is 0.0959. The summed E-state index contributed by atoms with van der Waals surface area (Å²) < 4.78 is 0. The number of rotatable bonds is 5. The van der Waals surface area contributed by atoms with Crippen molar-refractivity contribution >= 4 is 11.6 Å². The van der Waals surface area contributed by atoms with Crippen LogP contribution in [0.2, 0.25) is 0 Å². The van der Waals surface area contributed by atoms with E-state index in [1.54, 1.807) is 0 Å². The van der Waals surface area contributed by atoms with Crippen molar-refractivity contribution in [1.82, 2.24) is 5.32 Å². The lowest BCUT2D eigenvalue weighted by atomic mass is 10.2. The molecule has 0 aliphatic carbocycles. The Kier molecular flexibility index (Phi) is 4.68. The first-order valence-corrected chi connectivity index (χ1v) is 5.30. The molecule has 3 heteroatoms. The Morgan fingerprint density at radius 2 is 2.07 bits per heavy atom. The summed E-state index contributed by atoms with van der Waals surface area (Å²) in [5.41, 5.74) is 2.30. The van der Waals surface area contributed by atoms with Crippen LogP contribution in [0.5, 0.6) is 0 Å². The Hall–Kier alpha value is -1.51. The van der Waals surface area contributed by atoms with Gasteiger partial charge in [0.25, 0.3) is 0 Å². The van der Waals surface area contributed by atoms with E-state index in [0.717, 1.165) is 5.69 Å². The molecule has 0 unspecified atom stereocenters. The van der Waals surface area contributed by atoms with Crippen LogP contribution in [0, 0.1) is 6.92 Å². The summed E-state index contributed by atoms with van der Waals surface area (Å²) in [7, 11) is 0. The Balaban J connectivity index is 2.32. The molecule has 0 bridgehead atoms. The van der Waals surface area contributed by atoms with Gasteiger partial charge < -0.3 is 10.6 Å². The lowest BCUT2D eigenvalue weighted by Crippen LogP contribution is -2.24. The average Bonchev–Trinajstić information content (AvgIpc) is 2.21. The van der Waals surface area contributed by atoms with Crippen molar-refractivity contribution in [3.63, 3.8) is 0 Å². The highest BCUT2D eigenvalue weighted by Crippen LogP contribution is 2.12. The second-order valence-electron chi connectivity index (χ2n) is 3.45. The summed E-state index contributed by atoms with van der Waals surface area (Å²) >= 11 is 0. The van der Waals surface area contributed by atoms with Gasteiger partial charge in [0.15, 0.2) is 0 Å². The van der Waals surface area contributed by atoms with Gasteiger partial charge in [-0.15, -0.1) is 0 Å². The molecule has 1 aromatic carbocycles. The molecule has 82 valence electrons. The lowest BCUT2D eigenvalue weighted by molar-refractivity contribution is -0.120. The highest BCUT2D eigenvalue weighted by Gasteiger charge is 1.99. The van der Waals surface area contributed by atoms with Crippen LogP contribution in [-0.4, -0.2) is 19.0 Å². The van der Waals surface area contributed by atoms with Crippen LogP contribution in [0.15, 0.2) is 24.3 Å². The zero-order valence-electron chi connectivity index (χ0n) is 9.34. The molecular weight excluding hydrogens is 188 g/mol. The third-order valence-electron chi connectivity index (χ3n) is 2.19. The number of aryl methyl sites for hydroxylation is 1. The van der Waals surface area contributed by atoms with Crippen molar-refractivity contribution in [3.8, 4) is 0 Å². The second kappa shape index (κ2) is 6.06. The molecule has 2 N–H and O–H groups in total. The number of hydrogen-bond acceptors (Lipinski definition) is 2. The molecule has 1 aromatic rings. The Morgan fingerprint density at radius 1 is 1.33 bits per heavy atom. The predicted octanol–water partition coefficient (Wildman–Crippen LogP) is 1.93. The molecule has 15 heavy (non-hydrogen) atoms. The third kappa shape index (κ3) is 4.02. The van der Waals surface area contributed by atoms with E-state index >= 15 is 0 Å². The Morgan fingerprint density at radius 3 is 2.73 bits per heavy atom. The molecule has 0 saturated heterocycles. The molecule has 0 heterocycles. The van der Waals surface area contributed by atoms with Gasteiger partial charge in [0.1, 0.15) is 0 Å². The van der Waals surface area contributed by atoms with Gasteiger partial charge in [-0.3, -0.25) is 4.79 Å². The molecule has 0 radical (unpaired) electrons. The number of carbonyl (C=O) groups is 1. The minimum Gasteiger partial charge on any atom is -0.384 e. The maximum absolute atomic E-state index is 11.2. The van der Waals surface area contributed by atoms with Gasteiger partial charge in [0.2, 0.25) is 5.91 Å². The van der Waals surface area contributed by atoms with Crippen molar-refractivity contribution < 1.29 is 4.79 Å². The highest BCUT2D eigenvalue weighted by atomic mass is 16.1. The van der Waals surface area contributed by atoms with Crippen LogP contribution in [0.3, 0.4) is 0 Å². The summed E-state index contributed by atoms with van der Waals surface area (Å²) in [6.07, 6.45) is 0.516. The van der Waals surface area contributed by atoms with Crippen molar-refractivity contribution in [2.45, 2.75) is 20.3 Å². The topological polar surface area (TPSA) is 41.1 Å². The van der Waals surface area contributed by atoms with Crippen molar-refractivity contribution in [1.29, 1.82) is 0 Å². The molecule has 3 nitrogen and oxygen atoms in total. The molecule has 1 rings (SSSR count). The van der Waals surface area contributed by atoms with E-state index in [2.05, 4.69) is 23.6 Å². The molecule has 0 fully saturated rings. The van der Waals surface area contributed by atoms with Crippen LogP contribution in [0.1, 0.15) is 18.9 Å². The lowest BCUT2D eigenvalue weighted by Gasteiger charge is -2.08. The monoisotopic (exact) mass is 206 g/mol.